The summed E-state index contributed by atoms with van der Waals surface area (Å²) in [5, 5.41) is 2.50. The van der Waals surface area contributed by atoms with Gasteiger partial charge in [0.15, 0.2) is 0 Å². The van der Waals surface area contributed by atoms with Crippen molar-refractivity contribution < 1.29 is 9.59 Å². The van der Waals surface area contributed by atoms with Crippen LogP contribution in [0.4, 0.5) is 5.82 Å². The van der Waals surface area contributed by atoms with Gasteiger partial charge in [-0.05, 0) is 0 Å². The predicted octanol–water partition coefficient (Wildman–Crippen LogP) is 0.00550. The number of carbonyl (C=O) groups is 2. The van der Waals surface area contributed by atoms with Crippen molar-refractivity contribution in [2.75, 3.05) is 25.0 Å². The smallest absolute Gasteiger partial charge is 0.271 e. The normalized spacial score (nSPS) is 15.8. The highest BCUT2D eigenvalue weighted by Crippen LogP contribution is 2.15. The second-order valence-corrected chi connectivity index (χ2v) is 3.87. The Morgan fingerprint density at radius 1 is 1.35 bits per heavy atom. The second kappa shape index (κ2) is 4.90. The fourth-order valence-electron chi connectivity index (χ4n) is 1.73. The van der Waals surface area contributed by atoms with Crippen LogP contribution in [0.15, 0.2) is 12.4 Å². The summed E-state index contributed by atoms with van der Waals surface area (Å²) in [5.74, 6) is 0.669. The Balaban J connectivity index is 2.16. The third-order valence-electron chi connectivity index (χ3n) is 2.73. The average Bonchev–Trinajstić information content (AvgIpc) is 2.39. The highest BCUT2D eigenvalue weighted by atomic mass is 16.1. The van der Waals surface area contributed by atoms with Gasteiger partial charge in [0, 0.05) is 33.0 Å². The molecule has 1 aliphatic rings. The number of nitrogens with zero attached hydrogens (tertiary/aromatic N) is 3. The van der Waals surface area contributed by atoms with E-state index in [1.165, 1.54) is 6.20 Å². The van der Waals surface area contributed by atoms with Gasteiger partial charge in [-0.25, -0.2) is 4.98 Å². The first-order valence-electron chi connectivity index (χ1n) is 5.51. The van der Waals surface area contributed by atoms with Crippen molar-refractivity contribution in [1.82, 2.24) is 15.3 Å². The SMILES string of the molecule is CNC(=O)c1cncc(N2CCC(=O)CC2)n1. The number of ketones is 1. The molecule has 6 heteroatoms. The molecule has 1 fully saturated rings. The molecule has 1 aromatic heterocycles. The van der Waals surface area contributed by atoms with Crippen LogP contribution in [0.5, 0.6) is 0 Å². The lowest BCUT2D eigenvalue weighted by Gasteiger charge is -2.26. The van der Waals surface area contributed by atoms with Gasteiger partial charge < -0.3 is 10.2 Å². The number of aromatic nitrogens is 2. The minimum absolute atomic E-state index is 0.257. The summed E-state index contributed by atoms with van der Waals surface area (Å²) in [6, 6.07) is 0. The number of hydrogen-bond acceptors (Lipinski definition) is 5. The Morgan fingerprint density at radius 2 is 2.06 bits per heavy atom. The zero-order valence-electron chi connectivity index (χ0n) is 9.64. The van der Waals surface area contributed by atoms with Crippen LogP contribution in [0.2, 0.25) is 0 Å². The molecule has 1 N–H and O–H groups in total. The lowest BCUT2D eigenvalue weighted by molar-refractivity contribution is -0.119. The lowest BCUT2D eigenvalue weighted by Crippen LogP contribution is -2.34. The standard InChI is InChI=1S/C11H14N4O2/c1-12-11(17)9-6-13-7-10(14-9)15-4-2-8(16)3-5-15/h6-7H,2-5H2,1H3,(H,12,17). The van der Waals surface area contributed by atoms with Crippen molar-refractivity contribution in [3.63, 3.8) is 0 Å². The molecule has 0 aromatic carbocycles. The maximum atomic E-state index is 11.4. The Bertz CT molecular complexity index is 437. The molecule has 17 heavy (non-hydrogen) atoms. The molecule has 1 aromatic rings. The number of piperidine rings is 1. The predicted molar refractivity (Wildman–Crippen MR) is 61.9 cm³/mol. The molecular formula is C11H14N4O2. The van der Waals surface area contributed by atoms with Crippen molar-refractivity contribution >= 4 is 17.5 Å². The lowest BCUT2D eigenvalue weighted by atomic mass is 10.1. The molecule has 0 spiro atoms. The number of anilines is 1. The fourth-order valence-corrected chi connectivity index (χ4v) is 1.73. The Labute approximate surface area is 99.1 Å². The van der Waals surface area contributed by atoms with Crippen LogP contribution in [0.3, 0.4) is 0 Å². The highest BCUT2D eigenvalue weighted by Gasteiger charge is 2.18. The molecule has 6 nitrogen and oxygen atoms in total. The van der Waals surface area contributed by atoms with Gasteiger partial charge in [-0.1, -0.05) is 0 Å². The van der Waals surface area contributed by atoms with Crippen LogP contribution in [0.25, 0.3) is 0 Å². The van der Waals surface area contributed by atoms with Gasteiger partial charge in [0.05, 0.1) is 12.4 Å². The van der Waals surface area contributed by atoms with Crippen LogP contribution >= 0.6 is 0 Å². The van der Waals surface area contributed by atoms with Gasteiger partial charge in [-0.3, -0.25) is 14.6 Å². The van der Waals surface area contributed by atoms with Gasteiger partial charge >= 0.3 is 0 Å². The molecule has 90 valence electrons. The van der Waals surface area contributed by atoms with Crippen LogP contribution < -0.4 is 10.2 Å². The third kappa shape index (κ3) is 2.58. The molecule has 0 radical (unpaired) electrons. The zero-order chi connectivity index (χ0) is 12.3. The number of Topliss-reactive ketones (excluding diaryl/α,β-unsaturated/α-hetero) is 1. The van der Waals surface area contributed by atoms with E-state index >= 15 is 0 Å². The van der Waals surface area contributed by atoms with Gasteiger partial charge in [-0.2, -0.15) is 0 Å². The van der Waals surface area contributed by atoms with E-state index < -0.39 is 0 Å². The average molecular weight is 234 g/mol. The van der Waals surface area contributed by atoms with E-state index in [1.807, 2.05) is 4.90 Å². The van der Waals surface area contributed by atoms with Crippen LogP contribution in [0, 0.1) is 0 Å². The summed E-state index contributed by atoms with van der Waals surface area (Å²) in [6.07, 6.45) is 4.11. The van der Waals surface area contributed by atoms with E-state index in [4.69, 9.17) is 0 Å². The van der Waals surface area contributed by atoms with Gasteiger partial charge in [-0.15, -0.1) is 0 Å². The molecule has 1 saturated heterocycles. The van der Waals surface area contributed by atoms with E-state index in [0.717, 1.165) is 0 Å². The molecule has 1 aliphatic heterocycles. The van der Waals surface area contributed by atoms with Gasteiger partial charge in [0.1, 0.15) is 17.3 Å². The molecule has 0 aliphatic carbocycles. The van der Waals surface area contributed by atoms with Crippen molar-refractivity contribution in [1.29, 1.82) is 0 Å². The van der Waals surface area contributed by atoms with Gasteiger partial charge in [0.2, 0.25) is 0 Å². The number of carbonyl (C=O) groups excluding carboxylic acids is 2. The first-order valence-corrected chi connectivity index (χ1v) is 5.51. The quantitative estimate of drug-likeness (QED) is 0.780. The van der Waals surface area contributed by atoms with E-state index in [1.54, 1.807) is 13.2 Å². The number of amides is 1. The topological polar surface area (TPSA) is 75.2 Å². The largest absolute Gasteiger partial charge is 0.354 e. The Kier molecular flexibility index (Phi) is 3.32. The first kappa shape index (κ1) is 11.5. The Morgan fingerprint density at radius 3 is 2.71 bits per heavy atom. The zero-order valence-corrected chi connectivity index (χ0v) is 9.64. The van der Waals surface area contributed by atoms with Crippen molar-refractivity contribution in [2.24, 2.45) is 0 Å². The maximum absolute atomic E-state index is 11.4. The number of hydrogen-bond donors (Lipinski definition) is 1. The van der Waals surface area contributed by atoms with E-state index in [-0.39, 0.29) is 11.7 Å². The summed E-state index contributed by atoms with van der Waals surface area (Å²) < 4.78 is 0. The summed E-state index contributed by atoms with van der Waals surface area (Å²) in [4.78, 5) is 32.8. The molecule has 2 rings (SSSR count). The van der Waals surface area contributed by atoms with Crippen molar-refractivity contribution in [2.45, 2.75) is 12.8 Å². The minimum atomic E-state index is -0.257. The highest BCUT2D eigenvalue weighted by molar-refractivity contribution is 5.92. The summed E-state index contributed by atoms with van der Waals surface area (Å²) in [7, 11) is 1.55. The first-order chi connectivity index (χ1) is 8.20. The van der Waals surface area contributed by atoms with Gasteiger partial charge in [0.25, 0.3) is 5.91 Å². The maximum Gasteiger partial charge on any atom is 0.271 e. The van der Waals surface area contributed by atoms with Crippen LogP contribution in [-0.4, -0.2) is 41.8 Å². The monoisotopic (exact) mass is 234 g/mol. The van der Waals surface area contributed by atoms with E-state index in [0.29, 0.717) is 37.4 Å². The molecule has 1 amide bonds. The van der Waals surface area contributed by atoms with Crippen molar-refractivity contribution in [3.8, 4) is 0 Å². The van der Waals surface area contributed by atoms with Crippen LogP contribution in [0.1, 0.15) is 23.3 Å². The van der Waals surface area contributed by atoms with Crippen LogP contribution in [-0.2, 0) is 4.79 Å². The third-order valence-corrected chi connectivity index (χ3v) is 2.73. The molecule has 0 atom stereocenters. The van der Waals surface area contributed by atoms with E-state index in [2.05, 4.69) is 15.3 Å². The Hall–Kier alpha value is -1.98. The number of rotatable bonds is 2. The minimum Gasteiger partial charge on any atom is -0.354 e. The summed E-state index contributed by atoms with van der Waals surface area (Å²) in [5.41, 5.74) is 0.293. The summed E-state index contributed by atoms with van der Waals surface area (Å²) in [6.45, 7) is 1.29. The molecule has 0 bridgehead atoms. The molecule has 0 saturated carbocycles. The van der Waals surface area contributed by atoms with E-state index in [9.17, 15) is 9.59 Å². The molecule has 0 unspecified atom stereocenters. The van der Waals surface area contributed by atoms with Crippen molar-refractivity contribution in [3.05, 3.63) is 18.1 Å². The molecular weight excluding hydrogens is 220 g/mol. The summed E-state index contributed by atoms with van der Waals surface area (Å²) >= 11 is 0. The number of nitrogens with one attached hydrogen (secondary N) is 1. The fraction of sp³-hybridized carbons (Fsp3) is 0.455. The molecule has 2 heterocycles. The second-order valence-electron chi connectivity index (χ2n) is 3.87.